The van der Waals surface area contributed by atoms with Gasteiger partial charge in [-0.2, -0.15) is 8.42 Å². The molecule has 0 radical (unpaired) electrons. The molecule has 1 unspecified atom stereocenters. The molecule has 0 aromatic rings. The van der Waals surface area contributed by atoms with Crippen molar-refractivity contribution < 1.29 is 17.8 Å². The Labute approximate surface area is 78.1 Å². The molecule has 5 nitrogen and oxygen atoms in total. The maximum absolute atomic E-state index is 10.7. The van der Waals surface area contributed by atoms with Crippen LogP contribution in [0.4, 0.5) is 0 Å². The van der Waals surface area contributed by atoms with Gasteiger partial charge in [-0.1, -0.05) is 19.8 Å². The molecule has 6 heteroatoms. The van der Waals surface area contributed by atoms with E-state index in [1.54, 1.807) is 0 Å². The standard InChI is InChI=1S/C7H15NO4S/c1-2-3-4-6(5-7(8)9)13(10,11)12/h6H,2-5H2,1H3,(H2,8,9)(H,10,11,12). The van der Waals surface area contributed by atoms with Crippen LogP contribution in [-0.4, -0.2) is 24.1 Å². The fourth-order valence-corrected chi connectivity index (χ4v) is 1.85. The number of carbonyl (C=O) groups is 1. The first-order chi connectivity index (χ1) is 5.88. The molecule has 0 heterocycles. The molecule has 0 bridgehead atoms. The van der Waals surface area contributed by atoms with Crippen LogP contribution in [0.1, 0.15) is 32.6 Å². The van der Waals surface area contributed by atoms with Crippen LogP contribution in [0.15, 0.2) is 0 Å². The molecule has 0 aliphatic heterocycles. The van der Waals surface area contributed by atoms with Gasteiger partial charge in [0.05, 0.1) is 5.25 Å². The van der Waals surface area contributed by atoms with Crippen LogP contribution in [0.3, 0.4) is 0 Å². The number of unbranched alkanes of at least 4 members (excludes halogenated alkanes) is 1. The minimum atomic E-state index is -4.13. The highest BCUT2D eigenvalue weighted by Crippen LogP contribution is 2.12. The van der Waals surface area contributed by atoms with E-state index in [-0.39, 0.29) is 12.8 Å². The van der Waals surface area contributed by atoms with Crippen molar-refractivity contribution >= 4 is 16.0 Å². The number of rotatable bonds is 6. The van der Waals surface area contributed by atoms with E-state index in [1.165, 1.54) is 0 Å². The lowest BCUT2D eigenvalue weighted by Gasteiger charge is -2.10. The van der Waals surface area contributed by atoms with Gasteiger partial charge in [0.2, 0.25) is 5.91 Å². The predicted octanol–water partition coefficient (Wildman–Crippen LogP) is 0.308. The van der Waals surface area contributed by atoms with Crippen molar-refractivity contribution in [3.05, 3.63) is 0 Å². The molecule has 0 fully saturated rings. The Morgan fingerprint density at radius 1 is 1.54 bits per heavy atom. The van der Waals surface area contributed by atoms with E-state index in [0.29, 0.717) is 6.42 Å². The van der Waals surface area contributed by atoms with Crippen molar-refractivity contribution in [3.63, 3.8) is 0 Å². The summed E-state index contributed by atoms with van der Waals surface area (Å²) >= 11 is 0. The number of primary amides is 1. The summed E-state index contributed by atoms with van der Waals surface area (Å²) in [6.07, 6.45) is 1.43. The van der Waals surface area contributed by atoms with Crippen LogP contribution >= 0.6 is 0 Å². The minimum Gasteiger partial charge on any atom is -0.370 e. The fourth-order valence-electron chi connectivity index (χ4n) is 1.01. The second kappa shape index (κ2) is 5.18. The Bertz CT molecular complexity index is 260. The molecule has 0 saturated carbocycles. The zero-order chi connectivity index (χ0) is 10.5. The van der Waals surface area contributed by atoms with E-state index in [1.807, 2.05) is 6.92 Å². The van der Waals surface area contributed by atoms with E-state index in [9.17, 15) is 13.2 Å². The predicted molar refractivity (Wildman–Crippen MR) is 48.7 cm³/mol. The molecule has 0 aliphatic carbocycles. The van der Waals surface area contributed by atoms with Gasteiger partial charge in [-0.3, -0.25) is 9.35 Å². The SMILES string of the molecule is CCCCC(CC(N)=O)S(=O)(=O)O. The monoisotopic (exact) mass is 209 g/mol. The van der Waals surface area contributed by atoms with Crippen LogP contribution in [0, 0.1) is 0 Å². The van der Waals surface area contributed by atoms with Gasteiger partial charge in [0.1, 0.15) is 0 Å². The molecule has 3 N–H and O–H groups in total. The van der Waals surface area contributed by atoms with Crippen molar-refractivity contribution in [2.45, 2.75) is 37.9 Å². The maximum Gasteiger partial charge on any atom is 0.268 e. The van der Waals surface area contributed by atoms with E-state index >= 15 is 0 Å². The first-order valence-corrected chi connectivity index (χ1v) is 5.62. The first-order valence-electron chi connectivity index (χ1n) is 4.12. The third-order valence-corrected chi connectivity index (χ3v) is 2.97. The molecule has 0 rings (SSSR count). The Kier molecular flexibility index (Phi) is 4.94. The Hall–Kier alpha value is -0.620. The van der Waals surface area contributed by atoms with Crippen LogP contribution in [-0.2, 0) is 14.9 Å². The van der Waals surface area contributed by atoms with Crippen LogP contribution in [0.2, 0.25) is 0 Å². The molecule has 0 aromatic heterocycles. The van der Waals surface area contributed by atoms with Gasteiger partial charge in [-0.05, 0) is 6.42 Å². The number of nitrogens with two attached hydrogens (primary N) is 1. The molecule has 1 atom stereocenters. The Balaban J connectivity index is 4.29. The van der Waals surface area contributed by atoms with Crippen molar-refractivity contribution in [1.82, 2.24) is 0 Å². The van der Waals surface area contributed by atoms with Gasteiger partial charge in [0.15, 0.2) is 0 Å². The molecule has 0 aliphatic rings. The lowest BCUT2D eigenvalue weighted by molar-refractivity contribution is -0.118. The van der Waals surface area contributed by atoms with Crippen molar-refractivity contribution in [2.24, 2.45) is 5.73 Å². The topological polar surface area (TPSA) is 97.5 Å². The highest BCUT2D eigenvalue weighted by atomic mass is 32.2. The van der Waals surface area contributed by atoms with Gasteiger partial charge < -0.3 is 5.73 Å². The normalized spacial score (nSPS) is 14.0. The average molecular weight is 209 g/mol. The fraction of sp³-hybridized carbons (Fsp3) is 0.857. The van der Waals surface area contributed by atoms with Gasteiger partial charge in [-0.15, -0.1) is 0 Å². The zero-order valence-electron chi connectivity index (χ0n) is 7.56. The summed E-state index contributed by atoms with van der Waals surface area (Å²) in [7, 11) is -4.13. The van der Waals surface area contributed by atoms with Gasteiger partial charge >= 0.3 is 0 Å². The van der Waals surface area contributed by atoms with E-state index in [2.05, 4.69) is 0 Å². The molecule has 78 valence electrons. The van der Waals surface area contributed by atoms with Crippen molar-refractivity contribution in [2.75, 3.05) is 0 Å². The third-order valence-electron chi connectivity index (χ3n) is 1.73. The van der Waals surface area contributed by atoms with Gasteiger partial charge in [0, 0.05) is 6.42 Å². The van der Waals surface area contributed by atoms with E-state index in [4.69, 9.17) is 10.3 Å². The number of hydrogen-bond acceptors (Lipinski definition) is 3. The highest BCUT2D eigenvalue weighted by Gasteiger charge is 2.24. The van der Waals surface area contributed by atoms with Crippen LogP contribution < -0.4 is 5.73 Å². The van der Waals surface area contributed by atoms with E-state index < -0.39 is 21.3 Å². The van der Waals surface area contributed by atoms with Crippen LogP contribution in [0.5, 0.6) is 0 Å². The summed E-state index contributed by atoms with van der Waals surface area (Å²) in [5, 5.41) is -1.04. The quantitative estimate of drug-likeness (QED) is 0.615. The Morgan fingerprint density at radius 3 is 2.38 bits per heavy atom. The summed E-state index contributed by atoms with van der Waals surface area (Å²) in [4.78, 5) is 10.5. The largest absolute Gasteiger partial charge is 0.370 e. The van der Waals surface area contributed by atoms with Crippen LogP contribution in [0.25, 0.3) is 0 Å². The number of carbonyl (C=O) groups excluding carboxylic acids is 1. The van der Waals surface area contributed by atoms with Gasteiger partial charge in [-0.25, -0.2) is 0 Å². The van der Waals surface area contributed by atoms with Crippen molar-refractivity contribution in [1.29, 1.82) is 0 Å². The maximum atomic E-state index is 10.7. The minimum absolute atomic E-state index is 0.276. The molecule has 13 heavy (non-hydrogen) atoms. The van der Waals surface area contributed by atoms with Gasteiger partial charge in [0.25, 0.3) is 10.1 Å². The summed E-state index contributed by atoms with van der Waals surface area (Å²) in [5.74, 6) is -0.710. The molecule has 1 amide bonds. The summed E-state index contributed by atoms with van der Waals surface area (Å²) in [6.45, 7) is 1.89. The van der Waals surface area contributed by atoms with E-state index in [0.717, 1.165) is 6.42 Å². The highest BCUT2D eigenvalue weighted by molar-refractivity contribution is 7.86. The lowest BCUT2D eigenvalue weighted by atomic mass is 10.1. The number of hydrogen-bond donors (Lipinski definition) is 2. The zero-order valence-corrected chi connectivity index (χ0v) is 8.38. The molecule has 0 aromatic carbocycles. The first kappa shape index (κ1) is 12.4. The number of amides is 1. The third kappa shape index (κ3) is 5.59. The van der Waals surface area contributed by atoms with Crippen molar-refractivity contribution in [3.8, 4) is 0 Å². The summed E-state index contributed by atoms with van der Waals surface area (Å²) < 4.78 is 30.2. The molecule has 0 spiro atoms. The molecule has 0 saturated heterocycles. The Morgan fingerprint density at radius 2 is 2.08 bits per heavy atom. The summed E-state index contributed by atoms with van der Waals surface area (Å²) in [6, 6.07) is 0. The summed E-state index contributed by atoms with van der Waals surface area (Å²) in [5.41, 5.74) is 4.85. The molecular weight excluding hydrogens is 194 g/mol. The average Bonchev–Trinajstić information content (AvgIpc) is 1.95. The molecular formula is C7H15NO4S. The smallest absolute Gasteiger partial charge is 0.268 e. The second-order valence-electron chi connectivity index (χ2n) is 2.95. The second-order valence-corrected chi connectivity index (χ2v) is 4.65. The lowest BCUT2D eigenvalue weighted by Crippen LogP contribution is -2.27.